The molecule has 0 saturated heterocycles. The van der Waals surface area contributed by atoms with Gasteiger partial charge in [-0.3, -0.25) is 4.99 Å². The number of rotatable bonds is 6. The fourth-order valence-electron chi connectivity index (χ4n) is 3.04. The van der Waals surface area contributed by atoms with Gasteiger partial charge in [0.15, 0.2) is 5.96 Å². The van der Waals surface area contributed by atoms with Crippen molar-refractivity contribution in [2.45, 2.75) is 19.8 Å². The number of likely N-dealkylation sites (N-methyl/N-ethyl adjacent to an activating group) is 1. The number of nitrogens with one attached hydrogen (secondary N) is 2. The third-order valence-corrected chi connectivity index (χ3v) is 5.38. The van der Waals surface area contributed by atoms with Gasteiger partial charge in [0.2, 0.25) is 0 Å². The van der Waals surface area contributed by atoms with Crippen LogP contribution in [0.3, 0.4) is 0 Å². The summed E-state index contributed by atoms with van der Waals surface area (Å²) in [4.78, 5) is 11.4. The maximum absolute atomic E-state index is 4.41. The minimum Gasteiger partial charge on any atom is -0.361 e. The van der Waals surface area contributed by atoms with E-state index in [-0.39, 0.29) is 24.0 Å². The highest BCUT2D eigenvalue weighted by Crippen LogP contribution is 2.19. The van der Waals surface area contributed by atoms with Crippen molar-refractivity contribution in [2.24, 2.45) is 4.99 Å². The van der Waals surface area contributed by atoms with Gasteiger partial charge < -0.3 is 15.2 Å². The maximum Gasteiger partial charge on any atom is 0.193 e. The molecule has 0 atom stereocenters. The minimum absolute atomic E-state index is 0. The first-order valence-corrected chi connectivity index (χ1v) is 9.56. The summed E-state index contributed by atoms with van der Waals surface area (Å²) >= 11 is 1.81. The molecule has 140 valence electrons. The molecule has 2 N–H and O–H groups in total. The Hall–Kier alpha value is -1.54. The van der Waals surface area contributed by atoms with Gasteiger partial charge in [0.05, 0.1) is 0 Å². The van der Waals surface area contributed by atoms with E-state index in [9.17, 15) is 0 Å². The molecule has 0 aliphatic heterocycles. The molecule has 0 aliphatic carbocycles. The van der Waals surface area contributed by atoms with Crippen LogP contribution in [0.15, 0.2) is 46.9 Å². The molecular weight excluding hydrogens is 455 g/mol. The van der Waals surface area contributed by atoms with E-state index >= 15 is 0 Å². The van der Waals surface area contributed by atoms with Crippen molar-refractivity contribution in [3.05, 3.63) is 57.9 Å². The number of thiophene rings is 1. The van der Waals surface area contributed by atoms with Gasteiger partial charge in [0.25, 0.3) is 0 Å². The Kier molecular flexibility index (Phi) is 7.96. The monoisotopic (exact) mass is 482 g/mol. The molecule has 0 aliphatic rings. The zero-order valence-electron chi connectivity index (χ0n) is 15.6. The first-order valence-electron chi connectivity index (χ1n) is 8.68. The lowest BCUT2D eigenvalue weighted by Gasteiger charge is -2.21. The molecule has 0 fully saturated rings. The van der Waals surface area contributed by atoms with E-state index < -0.39 is 0 Å². The number of hydrogen-bond acceptors (Lipinski definition) is 2. The summed E-state index contributed by atoms with van der Waals surface area (Å²) in [5.74, 6) is 0.951. The van der Waals surface area contributed by atoms with E-state index in [2.05, 4.69) is 76.1 Å². The second-order valence-corrected chi connectivity index (χ2v) is 7.37. The lowest BCUT2D eigenvalue weighted by Crippen LogP contribution is -2.40. The highest BCUT2D eigenvalue weighted by Gasteiger charge is 2.08. The maximum atomic E-state index is 4.41. The SMILES string of the molecule is CN=C(NCCc1c[nH]c2cc(C)ccc12)N(C)CCc1cccs1.I. The fraction of sp³-hybridized carbons (Fsp3) is 0.350. The number of guanidine groups is 1. The smallest absolute Gasteiger partial charge is 0.193 e. The first kappa shape index (κ1) is 20.8. The van der Waals surface area contributed by atoms with Crippen molar-refractivity contribution in [3.63, 3.8) is 0 Å². The Morgan fingerprint density at radius 1 is 1.27 bits per heavy atom. The van der Waals surface area contributed by atoms with Crippen molar-refractivity contribution < 1.29 is 0 Å². The average molecular weight is 482 g/mol. The number of aromatic amines is 1. The molecule has 3 rings (SSSR count). The normalized spacial score (nSPS) is 11.4. The van der Waals surface area contributed by atoms with Gasteiger partial charge in [-0.05, 0) is 48.4 Å². The lowest BCUT2D eigenvalue weighted by molar-refractivity contribution is 0.487. The van der Waals surface area contributed by atoms with Crippen LogP contribution >= 0.6 is 35.3 Å². The largest absolute Gasteiger partial charge is 0.361 e. The van der Waals surface area contributed by atoms with Crippen LogP contribution < -0.4 is 5.32 Å². The molecular formula is C20H27IN4S. The van der Waals surface area contributed by atoms with Crippen molar-refractivity contribution in [1.82, 2.24) is 15.2 Å². The summed E-state index contributed by atoms with van der Waals surface area (Å²) in [6, 6.07) is 10.9. The van der Waals surface area contributed by atoms with Crippen LogP contribution in [0, 0.1) is 6.92 Å². The van der Waals surface area contributed by atoms with Gasteiger partial charge in [0, 0.05) is 49.2 Å². The topological polar surface area (TPSA) is 43.4 Å². The number of H-pyrrole nitrogens is 1. The molecule has 1 aromatic carbocycles. The highest BCUT2D eigenvalue weighted by molar-refractivity contribution is 14.0. The number of hydrogen-bond donors (Lipinski definition) is 2. The zero-order valence-corrected chi connectivity index (χ0v) is 18.7. The van der Waals surface area contributed by atoms with E-state index in [1.54, 1.807) is 0 Å². The molecule has 2 heterocycles. The van der Waals surface area contributed by atoms with Crippen LogP contribution in [-0.2, 0) is 12.8 Å². The number of aromatic nitrogens is 1. The van der Waals surface area contributed by atoms with E-state index in [0.29, 0.717) is 0 Å². The van der Waals surface area contributed by atoms with Gasteiger partial charge >= 0.3 is 0 Å². The first-order chi connectivity index (χ1) is 12.2. The van der Waals surface area contributed by atoms with Crippen molar-refractivity contribution >= 4 is 52.2 Å². The predicted octanol–water partition coefficient (Wildman–Crippen LogP) is 4.45. The van der Waals surface area contributed by atoms with E-state index in [0.717, 1.165) is 31.9 Å². The average Bonchev–Trinajstić information content (AvgIpc) is 3.26. The standard InChI is InChI=1S/C20H26N4S.HI/c1-15-6-7-18-16(14-23-19(18)13-15)8-10-22-20(21-2)24(3)11-9-17-5-4-12-25-17;/h4-7,12-14,23H,8-11H2,1-3H3,(H,21,22);1H. The summed E-state index contributed by atoms with van der Waals surface area (Å²) in [6.45, 7) is 3.96. The van der Waals surface area contributed by atoms with Gasteiger partial charge in [0.1, 0.15) is 0 Å². The second kappa shape index (κ2) is 9.97. The molecule has 0 bridgehead atoms. The number of aryl methyl sites for hydroxylation is 1. The van der Waals surface area contributed by atoms with Crippen LogP contribution in [0.4, 0.5) is 0 Å². The summed E-state index contributed by atoms with van der Waals surface area (Å²) in [6.07, 6.45) is 4.15. The summed E-state index contributed by atoms with van der Waals surface area (Å²) in [5, 5.41) is 6.92. The Balaban J connectivity index is 0.00000243. The molecule has 26 heavy (non-hydrogen) atoms. The van der Waals surface area contributed by atoms with Gasteiger partial charge in [-0.15, -0.1) is 35.3 Å². The van der Waals surface area contributed by atoms with Crippen molar-refractivity contribution in [2.75, 3.05) is 27.2 Å². The molecule has 0 spiro atoms. The summed E-state index contributed by atoms with van der Waals surface area (Å²) < 4.78 is 0. The lowest BCUT2D eigenvalue weighted by atomic mass is 10.1. The van der Waals surface area contributed by atoms with Gasteiger partial charge in [-0.2, -0.15) is 0 Å². The molecule has 3 aromatic rings. The Labute approximate surface area is 176 Å². The van der Waals surface area contributed by atoms with E-state index in [4.69, 9.17) is 0 Å². The van der Waals surface area contributed by atoms with Crippen LogP contribution in [0.5, 0.6) is 0 Å². The summed E-state index contributed by atoms with van der Waals surface area (Å²) in [5.41, 5.74) is 3.85. The van der Waals surface area contributed by atoms with Gasteiger partial charge in [-0.1, -0.05) is 18.2 Å². The fourth-order valence-corrected chi connectivity index (χ4v) is 3.74. The number of fused-ring (bicyclic) bond motifs is 1. The van der Waals surface area contributed by atoms with Crippen molar-refractivity contribution in [1.29, 1.82) is 0 Å². The Bertz CT molecular complexity index is 839. The van der Waals surface area contributed by atoms with Crippen LogP contribution in [-0.4, -0.2) is 43.0 Å². The molecule has 0 amide bonds. The molecule has 6 heteroatoms. The molecule has 4 nitrogen and oxygen atoms in total. The van der Waals surface area contributed by atoms with Crippen LogP contribution in [0.1, 0.15) is 16.0 Å². The number of aliphatic imine (C=N–C) groups is 1. The van der Waals surface area contributed by atoms with Crippen molar-refractivity contribution in [3.8, 4) is 0 Å². The van der Waals surface area contributed by atoms with Gasteiger partial charge in [-0.25, -0.2) is 0 Å². The third-order valence-electron chi connectivity index (χ3n) is 4.45. The van der Waals surface area contributed by atoms with E-state index in [1.165, 1.54) is 26.9 Å². The second-order valence-electron chi connectivity index (χ2n) is 6.34. The molecule has 2 aromatic heterocycles. The zero-order chi connectivity index (χ0) is 17.6. The molecule has 0 unspecified atom stereocenters. The third kappa shape index (κ3) is 5.23. The van der Waals surface area contributed by atoms with Crippen LogP contribution in [0.2, 0.25) is 0 Å². The Morgan fingerprint density at radius 2 is 2.12 bits per heavy atom. The molecule has 0 radical (unpaired) electrons. The minimum atomic E-state index is 0. The number of halogens is 1. The van der Waals surface area contributed by atoms with E-state index in [1.807, 2.05) is 18.4 Å². The Morgan fingerprint density at radius 3 is 2.85 bits per heavy atom. The summed E-state index contributed by atoms with van der Waals surface area (Å²) in [7, 11) is 3.94. The number of benzene rings is 1. The predicted molar refractivity (Wildman–Crippen MR) is 124 cm³/mol. The molecule has 0 saturated carbocycles. The van der Waals surface area contributed by atoms with Crippen LogP contribution in [0.25, 0.3) is 10.9 Å². The quantitative estimate of drug-likeness (QED) is 0.310. The highest BCUT2D eigenvalue weighted by atomic mass is 127. The number of nitrogens with zero attached hydrogens (tertiary/aromatic N) is 2.